The average molecular weight is 677 g/mol. The maximum absolute atomic E-state index is 2.46. The molecule has 4 heterocycles. The Kier molecular flexibility index (Phi) is 10.4. The first-order chi connectivity index (χ1) is 22.7. The standard InChI is InChI=1S/C42H44S4/c1-3-5-7-9-11-33-17-21-39(43-33)41-25-23-37(45-41)31-15-19-35-29(27-31)13-14-30-28-32(16-20-36(30)35)38-24-26-42(46-38)40-22-18-34(44-40)12-10-8-6-4-2/h15-28H,3-14H2,1-2H3. The van der Waals surface area contributed by atoms with Gasteiger partial charge in [-0.3, -0.25) is 0 Å². The quantitative estimate of drug-likeness (QED) is 0.101. The van der Waals surface area contributed by atoms with Crippen LogP contribution in [-0.4, -0.2) is 0 Å². The van der Waals surface area contributed by atoms with Gasteiger partial charge in [0.2, 0.25) is 0 Å². The fraction of sp³-hybridized carbons (Fsp3) is 0.333. The van der Waals surface area contributed by atoms with E-state index in [1.807, 2.05) is 45.3 Å². The summed E-state index contributed by atoms with van der Waals surface area (Å²) in [6, 6.07) is 33.0. The molecule has 0 nitrogen and oxygen atoms in total. The van der Waals surface area contributed by atoms with E-state index in [2.05, 4.69) is 98.8 Å². The third-order valence-corrected chi connectivity index (χ3v) is 14.3. The van der Waals surface area contributed by atoms with Gasteiger partial charge < -0.3 is 0 Å². The molecule has 46 heavy (non-hydrogen) atoms. The van der Waals surface area contributed by atoms with Crippen molar-refractivity contribution in [3.63, 3.8) is 0 Å². The molecule has 236 valence electrons. The van der Waals surface area contributed by atoms with Gasteiger partial charge in [-0.15, -0.1) is 45.3 Å². The van der Waals surface area contributed by atoms with Crippen LogP contribution in [0.1, 0.15) is 86.1 Å². The molecular formula is C42H44S4. The highest BCUT2D eigenvalue weighted by atomic mass is 32.1. The summed E-state index contributed by atoms with van der Waals surface area (Å²) in [6.07, 6.45) is 15.3. The van der Waals surface area contributed by atoms with Gasteiger partial charge in [0.1, 0.15) is 0 Å². The molecule has 0 radical (unpaired) electrons. The third kappa shape index (κ3) is 7.21. The van der Waals surface area contributed by atoms with E-state index in [1.165, 1.54) is 137 Å². The predicted octanol–water partition coefficient (Wildman–Crippen LogP) is 14.6. The number of hydrogen-bond donors (Lipinski definition) is 0. The Morgan fingerprint density at radius 1 is 0.413 bits per heavy atom. The highest BCUT2D eigenvalue weighted by Gasteiger charge is 2.19. The zero-order chi connectivity index (χ0) is 31.3. The lowest BCUT2D eigenvalue weighted by molar-refractivity contribution is 0.670. The molecule has 2 aromatic carbocycles. The van der Waals surface area contributed by atoms with Crippen molar-refractivity contribution in [1.29, 1.82) is 0 Å². The third-order valence-electron chi connectivity index (χ3n) is 9.31. The molecule has 0 saturated heterocycles. The maximum atomic E-state index is 2.46. The molecule has 0 unspecified atom stereocenters. The highest BCUT2D eigenvalue weighted by molar-refractivity contribution is 7.24. The summed E-state index contributed by atoms with van der Waals surface area (Å²) in [4.78, 5) is 11.4. The number of rotatable bonds is 14. The van der Waals surface area contributed by atoms with Gasteiger partial charge in [0, 0.05) is 39.0 Å². The molecule has 0 fully saturated rings. The largest absolute Gasteiger partial charge is 0.139 e. The van der Waals surface area contributed by atoms with Gasteiger partial charge in [-0.1, -0.05) is 76.6 Å². The molecule has 7 rings (SSSR count). The first kappa shape index (κ1) is 31.8. The smallest absolute Gasteiger partial charge is 0.0449 e. The molecule has 0 N–H and O–H groups in total. The van der Waals surface area contributed by atoms with Crippen molar-refractivity contribution >= 4 is 45.3 Å². The van der Waals surface area contributed by atoms with E-state index in [0.717, 1.165) is 12.8 Å². The zero-order valence-corrected chi connectivity index (χ0v) is 30.5. The second kappa shape index (κ2) is 15.0. The summed E-state index contributed by atoms with van der Waals surface area (Å²) < 4.78 is 0. The molecular weight excluding hydrogens is 633 g/mol. The number of thiophene rings is 4. The van der Waals surface area contributed by atoms with Gasteiger partial charge in [0.05, 0.1) is 0 Å². The molecule has 6 aromatic rings. The molecule has 0 saturated carbocycles. The Labute approximate surface area is 291 Å². The Bertz CT molecular complexity index is 1750. The second-order valence-corrected chi connectivity index (χ2v) is 17.2. The average Bonchev–Trinajstić information content (AvgIpc) is 3.92. The number of benzene rings is 2. The lowest BCUT2D eigenvalue weighted by atomic mass is 9.84. The van der Waals surface area contributed by atoms with E-state index >= 15 is 0 Å². The van der Waals surface area contributed by atoms with Gasteiger partial charge >= 0.3 is 0 Å². The zero-order valence-electron chi connectivity index (χ0n) is 27.2. The van der Waals surface area contributed by atoms with Crippen LogP contribution < -0.4 is 0 Å². The van der Waals surface area contributed by atoms with Crippen LogP contribution in [0, 0.1) is 0 Å². The van der Waals surface area contributed by atoms with Crippen LogP contribution >= 0.6 is 45.3 Å². The van der Waals surface area contributed by atoms with Gasteiger partial charge in [-0.2, -0.15) is 0 Å². The SMILES string of the molecule is CCCCCCc1ccc(-c2ccc(-c3ccc4c(c3)CCc3cc(-c5ccc(-c6ccc(CCCCCC)s6)s5)ccc3-4)s2)s1. The lowest BCUT2D eigenvalue weighted by Gasteiger charge is -2.21. The van der Waals surface area contributed by atoms with E-state index < -0.39 is 0 Å². The Morgan fingerprint density at radius 3 is 1.28 bits per heavy atom. The van der Waals surface area contributed by atoms with Crippen LogP contribution in [0.4, 0.5) is 0 Å². The van der Waals surface area contributed by atoms with Crippen molar-refractivity contribution in [3.05, 3.63) is 106 Å². The van der Waals surface area contributed by atoms with Gasteiger partial charge in [-0.25, -0.2) is 0 Å². The molecule has 4 heteroatoms. The summed E-state index contributed by atoms with van der Waals surface area (Å²) in [6.45, 7) is 4.57. The Balaban J connectivity index is 1.03. The van der Waals surface area contributed by atoms with Crippen molar-refractivity contribution in [1.82, 2.24) is 0 Å². The van der Waals surface area contributed by atoms with Crippen LogP contribution in [-0.2, 0) is 25.7 Å². The normalized spacial score (nSPS) is 12.4. The van der Waals surface area contributed by atoms with E-state index in [0.29, 0.717) is 0 Å². The van der Waals surface area contributed by atoms with Crippen LogP contribution in [0.15, 0.2) is 84.9 Å². The van der Waals surface area contributed by atoms with E-state index in [9.17, 15) is 0 Å². The van der Waals surface area contributed by atoms with Gasteiger partial charge in [0.25, 0.3) is 0 Å². The number of aryl methyl sites for hydroxylation is 4. The molecule has 0 amide bonds. The number of unbranched alkanes of at least 4 members (excludes halogenated alkanes) is 6. The Morgan fingerprint density at radius 2 is 0.826 bits per heavy atom. The molecule has 1 aliphatic rings. The molecule has 0 aliphatic heterocycles. The highest BCUT2D eigenvalue weighted by Crippen LogP contribution is 2.43. The van der Waals surface area contributed by atoms with Crippen molar-refractivity contribution in [2.24, 2.45) is 0 Å². The minimum absolute atomic E-state index is 1.11. The molecule has 1 aliphatic carbocycles. The van der Waals surface area contributed by atoms with Crippen molar-refractivity contribution in [2.45, 2.75) is 90.9 Å². The number of fused-ring (bicyclic) bond motifs is 3. The minimum Gasteiger partial charge on any atom is -0.139 e. The van der Waals surface area contributed by atoms with Crippen molar-refractivity contribution in [2.75, 3.05) is 0 Å². The van der Waals surface area contributed by atoms with Crippen LogP contribution in [0.25, 0.3) is 51.5 Å². The van der Waals surface area contributed by atoms with E-state index in [-0.39, 0.29) is 0 Å². The first-order valence-electron chi connectivity index (χ1n) is 17.3. The van der Waals surface area contributed by atoms with E-state index in [4.69, 9.17) is 0 Å². The topological polar surface area (TPSA) is 0 Å². The minimum atomic E-state index is 1.11. The second-order valence-electron chi connectivity index (χ2n) is 12.7. The molecule has 0 spiro atoms. The van der Waals surface area contributed by atoms with Crippen molar-refractivity contribution in [3.8, 4) is 51.5 Å². The lowest BCUT2D eigenvalue weighted by Crippen LogP contribution is -2.04. The van der Waals surface area contributed by atoms with Crippen LogP contribution in [0.5, 0.6) is 0 Å². The first-order valence-corrected chi connectivity index (χ1v) is 20.6. The summed E-state index contributed by atoms with van der Waals surface area (Å²) in [7, 11) is 0. The maximum Gasteiger partial charge on any atom is 0.0449 e. The molecule has 4 aromatic heterocycles. The van der Waals surface area contributed by atoms with Crippen LogP contribution in [0.3, 0.4) is 0 Å². The van der Waals surface area contributed by atoms with Crippen LogP contribution in [0.2, 0.25) is 0 Å². The van der Waals surface area contributed by atoms with Gasteiger partial charge in [-0.05, 0) is 133 Å². The molecule has 0 bridgehead atoms. The summed E-state index contributed by atoms with van der Waals surface area (Å²) >= 11 is 7.85. The van der Waals surface area contributed by atoms with Crippen molar-refractivity contribution < 1.29 is 0 Å². The monoisotopic (exact) mass is 676 g/mol. The fourth-order valence-corrected chi connectivity index (χ4v) is 11.0. The summed E-state index contributed by atoms with van der Waals surface area (Å²) in [5.74, 6) is 0. The predicted molar refractivity (Wildman–Crippen MR) is 208 cm³/mol. The fourth-order valence-electron chi connectivity index (χ4n) is 6.69. The van der Waals surface area contributed by atoms with E-state index in [1.54, 1.807) is 0 Å². The Hall–Kier alpha value is -2.76. The summed E-state index contributed by atoms with van der Waals surface area (Å²) in [5, 5.41) is 0. The van der Waals surface area contributed by atoms with Gasteiger partial charge in [0.15, 0.2) is 0 Å². The molecule has 0 atom stereocenters. The summed E-state index contributed by atoms with van der Waals surface area (Å²) in [5.41, 5.74) is 8.51. The number of hydrogen-bond acceptors (Lipinski definition) is 4.